The molecular weight excluding hydrogens is 483 g/mol. The summed E-state index contributed by atoms with van der Waals surface area (Å²) in [6.07, 6.45) is -1.12. The normalized spacial score (nSPS) is 12.4. The van der Waals surface area contributed by atoms with E-state index in [1.165, 1.54) is 36.4 Å². The van der Waals surface area contributed by atoms with E-state index in [1.807, 2.05) is 13.0 Å². The molecule has 2 aromatic carbocycles. The number of alkyl halides is 3. The molecule has 0 radical (unpaired) electrons. The molecule has 0 fully saturated rings. The van der Waals surface area contributed by atoms with E-state index in [0.29, 0.717) is 28.0 Å². The molecule has 5 aromatic rings. The smallest absolute Gasteiger partial charge is 0.332 e. The topological polar surface area (TPSA) is 116 Å². The maximum atomic E-state index is 12.9. The monoisotopic (exact) mass is 499 g/mol. The zero-order valence-corrected chi connectivity index (χ0v) is 18.8. The lowest BCUT2D eigenvalue weighted by Gasteiger charge is -2.09. The number of pyridine rings is 1. The van der Waals surface area contributed by atoms with Gasteiger partial charge in [0.2, 0.25) is 15.8 Å². The highest BCUT2D eigenvalue weighted by atomic mass is 32.2. The molecule has 0 bridgehead atoms. The van der Waals surface area contributed by atoms with Crippen LogP contribution in [-0.4, -0.2) is 27.9 Å². The van der Waals surface area contributed by atoms with E-state index >= 15 is 0 Å². The summed E-state index contributed by atoms with van der Waals surface area (Å²) in [5, 5.41) is 9.08. The van der Waals surface area contributed by atoms with Crippen LogP contribution in [0.4, 0.5) is 13.2 Å². The lowest BCUT2D eigenvalue weighted by atomic mass is 10.0. The van der Waals surface area contributed by atoms with Gasteiger partial charge in [-0.15, -0.1) is 0 Å². The molecule has 178 valence electrons. The lowest BCUT2D eigenvalue weighted by Crippen LogP contribution is -2.11. The van der Waals surface area contributed by atoms with Crippen LogP contribution in [0.5, 0.6) is 0 Å². The van der Waals surface area contributed by atoms with Gasteiger partial charge in [-0.2, -0.15) is 18.2 Å². The Morgan fingerprint density at radius 2 is 1.63 bits per heavy atom. The van der Waals surface area contributed by atoms with Gasteiger partial charge in [0.15, 0.2) is 0 Å². The third kappa shape index (κ3) is 4.29. The number of hydrogen-bond donors (Lipinski definition) is 1. The van der Waals surface area contributed by atoms with Crippen molar-refractivity contribution in [2.45, 2.75) is 18.0 Å². The van der Waals surface area contributed by atoms with E-state index in [0.717, 1.165) is 17.7 Å². The Hall–Kier alpha value is -4.03. The van der Waals surface area contributed by atoms with Crippen LogP contribution in [0.2, 0.25) is 0 Å². The summed E-state index contributed by atoms with van der Waals surface area (Å²) < 4.78 is 68.8. The minimum atomic E-state index is -4.41. The second-order valence-electron chi connectivity index (χ2n) is 7.82. The highest BCUT2D eigenvalue weighted by Gasteiger charge is 2.30. The Balaban J connectivity index is 1.53. The van der Waals surface area contributed by atoms with Crippen LogP contribution in [0.1, 0.15) is 11.1 Å². The fourth-order valence-corrected chi connectivity index (χ4v) is 4.18. The minimum absolute atomic E-state index is 0.0435. The zero-order valence-electron chi connectivity index (χ0n) is 18.0. The highest BCUT2D eigenvalue weighted by molar-refractivity contribution is 7.89. The average Bonchev–Trinajstić information content (AvgIpc) is 3.45. The Kier molecular flexibility index (Phi) is 5.22. The number of halogens is 3. The first kappa shape index (κ1) is 22.7. The number of aromatic nitrogens is 4. The molecule has 0 atom stereocenters. The second kappa shape index (κ2) is 8.03. The van der Waals surface area contributed by atoms with Gasteiger partial charge >= 0.3 is 6.18 Å². The maximum Gasteiger partial charge on any atom is 0.416 e. The maximum absolute atomic E-state index is 12.9. The fraction of sp³-hybridized carbons (Fsp3) is 0.0870. The number of nitrogens with two attached hydrogens (primary N) is 1. The van der Waals surface area contributed by atoms with Crippen molar-refractivity contribution in [1.82, 2.24) is 19.5 Å². The van der Waals surface area contributed by atoms with E-state index in [1.54, 1.807) is 16.8 Å². The number of sulfonamides is 1. The van der Waals surface area contributed by atoms with Crippen LogP contribution < -0.4 is 5.14 Å². The van der Waals surface area contributed by atoms with Gasteiger partial charge in [-0.3, -0.25) is 4.40 Å². The van der Waals surface area contributed by atoms with Gasteiger partial charge in [0.05, 0.1) is 16.7 Å². The minimum Gasteiger partial charge on any atom is -0.332 e. The summed E-state index contributed by atoms with van der Waals surface area (Å²) >= 11 is 0. The van der Waals surface area contributed by atoms with Crippen LogP contribution in [-0.2, 0) is 16.2 Å². The largest absolute Gasteiger partial charge is 0.416 e. The van der Waals surface area contributed by atoms with E-state index in [-0.39, 0.29) is 16.6 Å². The highest BCUT2D eigenvalue weighted by Crippen LogP contribution is 2.32. The molecule has 2 N–H and O–H groups in total. The molecule has 5 rings (SSSR count). The quantitative estimate of drug-likeness (QED) is 0.383. The number of benzene rings is 2. The van der Waals surface area contributed by atoms with Crippen molar-refractivity contribution in [2.75, 3.05) is 0 Å². The molecule has 0 aliphatic carbocycles. The van der Waals surface area contributed by atoms with Crippen molar-refractivity contribution in [2.24, 2.45) is 5.14 Å². The number of primary sulfonamides is 1. The van der Waals surface area contributed by atoms with E-state index in [9.17, 15) is 21.6 Å². The molecule has 3 aromatic heterocycles. The summed E-state index contributed by atoms with van der Waals surface area (Å²) in [6, 6.07) is 12.4. The number of hydrogen-bond acceptors (Lipinski definition) is 6. The van der Waals surface area contributed by atoms with E-state index in [4.69, 9.17) is 9.66 Å². The molecule has 8 nitrogen and oxygen atoms in total. The van der Waals surface area contributed by atoms with Crippen molar-refractivity contribution < 1.29 is 26.1 Å². The predicted octanol–water partition coefficient (Wildman–Crippen LogP) is 4.69. The summed E-state index contributed by atoms with van der Waals surface area (Å²) in [4.78, 5) is 8.75. The Bertz CT molecular complexity index is 1660. The first-order chi connectivity index (χ1) is 16.5. The standard InChI is InChI=1S/C23H16F3N5O3S/c1-13-10-16(14-2-6-17(7-3-14)23(24,25)26)12-31-19(11-28-21(13)31)22-29-20(30-34-22)15-4-8-18(9-5-15)35(27,32)33/h2-12H,1H3,(H2,27,32,33). The van der Waals surface area contributed by atoms with Gasteiger partial charge in [0.25, 0.3) is 5.89 Å². The Labute approximate surface area is 196 Å². The number of nitrogens with zero attached hydrogens (tertiary/aromatic N) is 4. The van der Waals surface area contributed by atoms with Crippen LogP contribution >= 0.6 is 0 Å². The number of aryl methyl sites for hydroxylation is 1. The third-order valence-corrected chi connectivity index (χ3v) is 6.35. The van der Waals surface area contributed by atoms with Gasteiger partial charge in [-0.25, -0.2) is 18.5 Å². The number of rotatable bonds is 4. The summed E-state index contributed by atoms with van der Waals surface area (Å²) in [6.45, 7) is 1.84. The Morgan fingerprint density at radius 3 is 2.26 bits per heavy atom. The third-order valence-electron chi connectivity index (χ3n) is 5.42. The molecule has 0 unspecified atom stereocenters. The molecule has 12 heteroatoms. The van der Waals surface area contributed by atoms with Gasteiger partial charge in [0, 0.05) is 11.8 Å². The zero-order chi connectivity index (χ0) is 25.0. The van der Waals surface area contributed by atoms with Crippen LogP contribution in [0.25, 0.3) is 39.7 Å². The molecule has 0 amide bonds. The van der Waals surface area contributed by atoms with Gasteiger partial charge < -0.3 is 4.52 Å². The molecule has 35 heavy (non-hydrogen) atoms. The molecule has 0 aliphatic rings. The average molecular weight is 499 g/mol. The van der Waals surface area contributed by atoms with Gasteiger partial charge in [0.1, 0.15) is 11.3 Å². The van der Waals surface area contributed by atoms with Crippen LogP contribution in [0.3, 0.4) is 0 Å². The van der Waals surface area contributed by atoms with Crippen LogP contribution in [0, 0.1) is 6.92 Å². The number of imidazole rings is 1. The van der Waals surface area contributed by atoms with Crippen molar-refractivity contribution in [3.8, 4) is 34.1 Å². The summed E-state index contributed by atoms with van der Waals surface area (Å²) in [5.74, 6) is 0.388. The van der Waals surface area contributed by atoms with E-state index < -0.39 is 21.8 Å². The van der Waals surface area contributed by atoms with Crippen LogP contribution in [0.15, 0.2) is 76.4 Å². The first-order valence-electron chi connectivity index (χ1n) is 10.1. The summed E-state index contributed by atoms with van der Waals surface area (Å²) in [5.41, 5.74) is 2.97. The van der Waals surface area contributed by atoms with Crippen molar-refractivity contribution >= 4 is 15.7 Å². The van der Waals surface area contributed by atoms with Crippen molar-refractivity contribution in [3.05, 3.63) is 78.1 Å². The number of fused-ring (bicyclic) bond motifs is 1. The van der Waals surface area contributed by atoms with Crippen molar-refractivity contribution in [3.63, 3.8) is 0 Å². The van der Waals surface area contributed by atoms with Gasteiger partial charge in [-0.1, -0.05) is 17.3 Å². The molecule has 0 saturated carbocycles. The molecule has 0 saturated heterocycles. The summed E-state index contributed by atoms with van der Waals surface area (Å²) in [7, 11) is -3.83. The van der Waals surface area contributed by atoms with E-state index in [2.05, 4.69) is 15.1 Å². The van der Waals surface area contributed by atoms with Gasteiger partial charge in [-0.05, 0) is 66.1 Å². The molecule has 0 spiro atoms. The molecule has 0 aliphatic heterocycles. The SMILES string of the molecule is Cc1cc(-c2ccc(C(F)(F)F)cc2)cn2c(-c3nc(-c4ccc(S(N)(=O)=O)cc4)no3)cnc12. The Morgan fingerprint density at radius 1 is 0.971 bits per heavy atom. The molecule has 3 heterocycles. The second-order valence-corrected chi connectivity index (χ2v) is 9.38. The fourth-order valence-electron chi connectivity index (χ4n) is 3.66. The first-order valence-corrected chi connectivity index (χ1v) is 11.7. The predicted molar refractivity (Wildman–Crippen MR) is 120 cm³/mol. The molecular formula is C23H16F3N5O3S. The van der Waals surface area contributed by atoms with Crippen molar-refractivity contribution in [1.29, 1.82) is 0 Å². The lowest BCUT2D eigenvalue weighted by molar-refractivity contribution is -0.137.